The van der Waals surface area contributed by atoms with E-state index in [0.29, 0.717) is 0 Å². The first-order valence-electron chi connectivity index (χ1n) is 5.34. The minimum absolute atomic E-state index is 0.00212. The molecule has 0 atom stereocenters. The van der Waals surface area contributed by atoms with Crippen LogP contribution in [-0.4, -0.2) is 29.4 Å². The number of hydrogen-bond donors (Lipinski definition) is 1. The highest BCUT2D eigenvalue weighted by Gasteiger charge is 2.33. The van der Waals surface area contributed by atoms with Crippen LogP contribution in [0.3, 0.4) is 0 Å². The second kappa shape index (κ2) is 4.87. The largest absolute Gasteiger partial charge is 0.473 e. The maximum Gasteiger partial charge on any atom is 0.435 e. The Morgan fingerprint density at radius 3 is 2.41 bits per heavy atom. The highest BCUT2D eigenvalue weighted by Crippen LogP contribution is 2.27. The summed E-state index contributed by atoms with van der Waals surface area (Å²) in [4.78, 5) is 0. The second-order valence-electron chi connectivity index (χ2n) is 3.82. The zero-order valence-electron chi connectivity index (χ0n) is 9.00. The molecule has 4 nitrogen and oxygen atoms in total. The van der Waals surface area contributed by atoms with E-state index in [1.807, 2.05) is 0 Å². The summed E-state index contributed by atoms with van der Waals surface area (Å²) in [6, 6.07) is 2.08. The Morgan fingerprint density at radius 1 is 1.18 bits per heavy atom. The van der Waals surface area contributed by atoms with Crippen LogP contribution in [0.4, 0.5) is 13.2 Å². The van der Waals surface area contributed by atoms with Gasteiger partial charge in [0.2, 0.25) is 5.88 Å². The lowest BCUT2D eigenvalue weighted by Gasteiger charge is -2.22. The molecule has 2 rings (SSSR count). The Hall–Kier alpha value is -1.37. The van der Waals surface area contributed by atoms with Gasteiger partial charge in [-0.3, -0.25) is 0 Å². The third-order valence-electron chi connectivity index (χ3n) is 2.50. The normalized spacial score (nSPS) is 18.1. The van der Waals surface area contributed by atoms with Crippen molar-refractivity contribution in [2.24, 2.45) is 0 Å². The smallest absolute Gasteiger partial charge is 0.435 e. The summed E-state index contributed by atoms with van der Waals surface area (Å²) in [5.41, 5.74) is -1.00. The standard InChI is InChI=1S/C10H12F3N3O/c11-10(12,13)8-1-2-9(16-15-8)17-7-3-5-14-6-4-7/h1-2,7,14H,3-6H2. The van der Waals surface area contributed by atoms with Crippen LogP contribution in [0.25, 0.3) is 0 Å². The van der Waals surface area contributed by atoms with E-state index >= 15 is 0 Å². The molecule has 7 heteroatoms. The fourth-order valence-corrected chi connectivity index (χ4v) is 1.62. The van der Waals surface area contributed by atoms with Crippen molar-refractivity contribution in [3.05, 3.63) is 17.8 Å². The third-order valence-corrected chi connectivity index (χ3v) is 2.50. The van der Waals surface area contributed by atoms with Crippen LogP contribution < -0.4 is 10.1 Å². The molecule has 1 aromatic heterocycles. The molecule has 0 aromatic carbocycles. The number of nitrogens with zero attached hydrogens (tertiary/aromatic N) is 2. The lowest BCUT2D eigenvalue weighted by atomic mass is 10.1. The van der Waals surface area contributed by atoms with Gasteiger partial charge in [0.05, 0.1) is 0 Å². The highest BCUT2D eigenvalue weighted by atomic mass is 19.4. The van der Waals surface area contributed by atoms with Gasteiger partial charge in [-0.05, 0) is 32.0 Å². The van der Waals surface area contributed by atoms with Gasteiger partial charge in [0, 0.05) is 6.07 Å². The molecule has 1 N–H and O–H groups in total. The topological polar surface area (TPSA) is 47.0 Å². The predicted molar refractivity (Wildman–Crippen MR) is 53.6 cm³/mol. The van der Waals surface area contributed by atoms with Gasteiger partial charge in [-0.2, -0.15) is 13.2 Å². The number of piperidine rings is 1. The summed E-state index contributed by atoms with van der Waals surface area (Å²) < 4.78 is 42.1. The SMILES string of the molecule is FC(F)(F)c1ccc(OC2CCNCC2)nn1. The molecule has 0 bridgehead atoms. The summed E-state index contributed by atoms with van der Waals surface area (Å²) >= 11 is 0. The maximum absolute atomic E-state index is 12.2. The van der Waals surface area contributed by atoms with Gasteiger partial charge in [-0.1, -0.05) is 0 Å². The molecule has 1 aliphatic heterocycles. The summed E-state index contributed by atoms with van der Waals surface area (Å²) in [5.74, 6) is 0.143. The Bertz CT molecular complexity index is 360. The van der Waals surface area contributed by atoms with E-state index < -0.39 is 11.9 Å². The van der Waals surface area contributed by atoms with Gasteiger partial charge in [0.15, 0.2) is 5.69 Å². The van der Waals surface area contributed by atoms with Crippen LogP contribution in [0.2, 0.25) is 0 Å². The van der Waals surface area contributed by atoms with Crippen LogP contribution >= 0.6 is 0 Å². The molecule has 0 aliphatic carbocycles. The highest BCUT2D eigenvalue weighted by molar-refractivity contribution is 5.13. The monoisotopic (exact) mass is 247 g/mol. The molecule has 0 unspecified atom stereocenters. The first-order chi connectivity index (χ1) is 8.05. The van der Waals surface area contributed by atoms with E-state index in [1.54, 1.807) is 0 Å². The Labute approximate surface area is 96.2 Å². The minimum atomic E-state index is -4.46. The van der Waals surface area contributed by atoms with Crippen LogP contribution in [0.1, 0.15) is 18.5 Å². The van der Waals surface area contributed by atoms with Gasteiger partial charge in [0.25, 0.3) is 0 Å². The Kier molecular flexibility index (Phi) is 3.46. The fraction of sp³-hybridized carbons (Fsp3) is 0.600. The third kappa shape index (κ3) is 3.29. The quantitative estimate of drug-likeness (QED) is 0.862. The first kappa shape index (κ1) is 12.1. The predicted octanol–water partition coefficient (Wildman–Crippen LogP) is 1.63. The summed E-state index contributed by atoms with van der Waals surface area (Å²) in [6.45, 7) is 1.69. The maximum atomic E-state index is 12.2. The van der Waals surface area contributed by atoms with Crippen molar-refractivity contribution < 1.29 is 17.9 Å². The van der Waals surface area contributed by atoms with E-state index in [1.165, 1.54) is 6.07 Å². The minimum Gasteiger partial charge on any atom is -0.473 e. The van der Waals surface area contributed by atoms with Gasteiger partial charge >= 0.3 is 6.18 Å². The lowest BCUT2D eigenvalue weighted by Crippen LogP contribution is -2.34. The number of hydrogen-bond acceptors (Lipinski definition) is 4. The number of nitrogens with one attached hydrogen (secondary N) is 1. The molecule has 94 valence electrons. The molecule has 2 heterocycles. The second-order valence-corrected chi connectivity index (χ2v) is 3.82. The molecule has 17 heavy (non-hydrogen) atoms. The molecule has 1 fully saturated rings. The zero-order chi connectivity index (χ0) is 12.3. The molecule has 0 spiro atoms. The number of alkyl halides is 3. The van der Waals surface area contributed by atoms with Crippen molar-refractivity contribution in [1.82, 2.24) is 15.5 Å². The summed E-state index contributed by atoms with van der Waals surface area (Å²) in [6.07, 6.45) is -2.81. The number of halogens is 3. The summed E-state index contributed by atoms with van der Waals surface area (Å²) in [7, 11) is 0. The molecule has 1 aliphatic rings. The molecular weight excluding hydrogens is 235 g/mol. The molecule has 0 saturated carbocycles. The van der Waals surface area contributed by atoms with Crippen molar-refractivity contribution in [1.29, 1.82) is 0 Å². The van der Waals surface area contributed by atoms with Crippen LogP contribution in [0.15, 0.2) is 12.1 Å². The van der Waals surface area contributed by atoms with E-state index in [0.717, 1.165) is 32.0 Å². The Balaban J connectivity index is 1.98. The first-order valence-corrected chi connectivity index (χ1v) is 5.34. The molecular formula is C10H12F3N3O. The number of ether oxygens (including phenoxy) is 1. The molecule has 0 amide bonds. The van der Waals surface area contributed by atoms with Gasteiger partial charge in [-0.15, -0.1) is 10.2 Å². The van der Waals surface area contributed by atoms with Crippen molar-refractivity contribution in [3.8, 4) is 5.88 Å². The van der Waals surface area contributed by atoms with Crippen LogP contribution in [-0.2, 0) is 6.18 Å². The van der Waals surface area contributed by atoms with E-state index in [4.69, 9.17) is 4.74 Å². The van der Waals surface area contributed by atoms with Gasteiger partial charge in [0.1, 0.15) is 6.10 Å². The Morgan fingerprint density at radius 2 is 1.88 bits per heavy atom. The van der Waals surface area contributed by atoms with Crippen molar-refractivity contribution in [3.63, 3.8) is 0 Å². The molecule has 1 aromatic rings. The average molecular weight is 247 g/mol. The van der Waals surface area contributed by atoms with Gasteiger partial charge in [-0.25, -0.2) is 0 Å². The van der Waals surface area contributed by atoms with Crippen LogP contribution in [0, 0.1) is 0 Å². The zero-order valence-corrected chi connectivity index (χ0v) is 9.00. The molecule has 1 saturated heterocycles. The van der Waals surface area contributed by atoms with Crippen LogP contribution in [0.5, 0.6) is 5.88 Å². The van der Waals surface area contributed by atoms with E-state index in [9.17, 15) is 13.2 Å². The average Bonchev–Trinajstić information content (AvgIpc) is 2.30. The van der Waals surface area contributed by atoms with E-state index in [-0.39, 0.29) is 12.0 Å². The van der Waals surface area contributed by atoms with Crippen molar-refractivity contribution >= 4 is 0 Å². The van der Waals surface area contributed by atoms with Gasteiger partial charge < -0.3 is 10.1 Å². The number of rotatable bonds is 2. The van der Waals surface area contributed by atoms with Crippen molar-refractivity contribution in [2.75, 3.05) is 13.1 Å². The molecule has 0 radical (unpaired) electrons. The van der Waals surface area contributed by atoms with Crippen molar-refractivity contribution in [2.45, 2.75) is 25.1 Å². The fourth-order valence-electron chi connectivity index (χ4n) is 1.62. The van der Waals surface area contributed by atoms with E-state index in [2.05, 4.69) is 15.5 Å². The number of aromatic nitrogens is 2. The lowest BCUT2D eigenvalue weighted by molar-refractivity contribution is -0.141. The summed E-state index contributed by atoms with van der Waals surface area (Å²) in [5, 5.41) is 9.69.